The SMILES string of the molecule is CC(C)=CC(=O)C1CCCc2sccc21. The molecule has 1 nitrogen and oxygen atoms in total. The van der Waals surface area contributed by atoms with Crippen molar-refractivity contribution in [3.63, 3.8) is 0 Å². The first kappa shape index (κ1) is 10.6. The standard InChI is InChI=1S/C13H16OS/c1-9(2)8-12(14)10-4-3-5-13-11(10)6-7-15-13/h6-8,10H,3-5H2,1-2H3. The molecule has 0 spiro atoms. The number of hydrogen-bond acceptors (Lipinski definition) is 2. The zero-order valence-corrected chi connectivity index (χ0v) is 10.1. The Balaban J connectivity index is 2.26. The van der Waals surface area contributed by atoms with Crippen molar-refractivity contribution in [1.29, 1.82) is 0 Å². The molecule has 1 aromatic rings. The smallest absolute Gasteiger partial charge is 0.163 e. The highest BCUT2D eigenvalue weighted by atomic mass is 32.1. The lowest BCUT2D eigenvalue weighted by Crippen LogP contribution is -2.15. The number of carbonyl (C=O) groups excluding carboxylic acids is 1. The van der Waals surface area contributed by atoms with Gasteiger partial charge >= 0.3 is 0 Å². The molecule has 0 aromatic carbocycles. The molecule has 0 N–H and O–H groups in total. The number of hydrogen-bond donors (Lipinski definition) is 0. The number of fused-ring (bicyclic) bond motifs is 1. The van der Waals surface area contributed by atoms with E-state index in [0.717, 1.165) is 24.8 Å². The van der Waals surface area contributed by atoms with E-state index >= 15 is 0 Å². The van der Waals surface area contributed by atoms with Crippen LogP contribution in [0.4, 0.5) is 0 Å². The number of thiophene rings is 1. The number of ketones is 1. The van der Waals surface area contributed by atoms with Crippen molar-refractivity contribution in [3.8, 4) is 0 Å². The average molecular weight is 220 g/mol. The molecule has 2 rings (SSSR count). The predicted molar refractivity (Wildman–Crippen MR) is 64.4 cm³/mol. The number of rotatable bonds is 2. The second kappa shape index (κ2) is 4.31. The van der Waals surface area contributed by atoms with Crippen LogP contribution in [0.5, 0.6) is 0 Å². The summed E-state index contributed by atoms with van der Waals surface area (Å²) >= 11 is 1.79. The van der Waals surface area contributed by atoms with E-state index in [1.165, 1.54) is 10.4 Å². The molecule has 15 heavy (non-hydrogen) atoms. The summed E-state index contributed by atoms with van der Waals surface area (Å²) in [6.45, 7) is 3.96. The van der Waals surface area contributed by atoms with Crippen LogP contribution in [-0.2, 0) is 11.2 Å². The summed E-state index contributed by atoms with van der Waals surface area (Å²) in [6.07, 6.45) is 5.12. The fraction of sp³-hybridized carbons (Fsp3) is 0.462. The Kier molecular flexibility index (Phi) is 3.06. The van der Waals surface area contributed by atoms with E-state index in [4.69, 9.17) is 0 Å². The summed E-state index contributed by atoms with van der Waals surface area (Å²) in [6, 6.07) is 2.13. The fourth-order valence-electron chi connectivity index (χ4n) is 2.17. The summed E-state index contributed by atoms with van der Waals surface area (Å²) < 4.78 is 0. The lowest BCUT2D eigenvalue weighted by atomic mass is 9.84. The average Bonchev–Trinajstić information content (AvgIpc) is 2.63. The molecule has 1 aliphatic carbocycles. The summed E-state index contributed by atoms with van der Waals surface area (Å²) in [4.78, 5) is 13.4. The number of carbonyl (C=O) groups is 1. The quantitative estimate of drug-likeness (QED) is 0.694. The largest absolute Gasteiger partial charge is 0.294 e. The van der Waals surface area contributed by atoms with E-state index in [0.29, 0.717) is 0 Å². The van der Waals surface area contributed by atoms with E-state index in [-0.39, 0.29) is 11.7 Å². The number of allylic oxidation sites excluding steroid dienone is 2. The Hall–Kier alpha value is -0.890. The van der Waals surface area contributed by atoms with Gasteiger partial charge in [-0.2, -0.15) is 0 Å². The molecule has 80 valence electrons. The summed E-state index contributed by atoms with van der Waals surface area (Å²) in [7, 11) is 0. The molecule has 2 heteroatoms. The zero-order chi connectivity index (χ0) is 10.8. The van der Waals surface area contributed by atoms with Gasteiger partial charge in [0.05, 0.1) is 0 Å². The van der Waals surface area contributed by atoms with E-state index in [1.807, 2.05) is 13.8 Å². The first-order valence-electron chi connectivity index (χ1n) is 5.43. The minimum atomic E-state index is 0.134. The molecule has 1 unspecified atom stereocenters. The molecule has 0 amide bonds. The molecule has 0 fully saturated rings. The third kappa shape index (κ3) is 2.20. The minimum Gasteiger partial charge on any atom is -0.294 e. The molecule has 1 heterocycles. The van der Waals surface area contributed by atoms with Gasteiger partial charge < -0.3 is 0 Å². The highest BCUT2D eigenvalue weighted by Crippen LogP contribution is 2.35. The van der Waals surface area contributed by atoms with Crippen LogP contribution < -0.4 is 0 Å². The maximum Gasteiger partial charge on any atom is 0.163 e. The van der Waals surface area contributed by atoms with Crippen LogP contribution in [0.1, 0.15) is 43.0 Å². The van der Waals surface area contributed by atoms with Gasteiger partial charge in [0.2, 0.25) is 0 Å². The molecular weight excluding hydrogens is 204 g/mol. The Labute approximate surface area is 94.8 Å². The van der Waals surface area contributed by atoms with Crippen LogP contribution in [0.3, 0.4) is 0 Å². The van der Waals surface area contributed by atoms with Gasteiger partial charge in [0, 0.05) is 10.8 Å². The lowest BCUT2D eigenvalue weighted by Gasteiger charge is -2.20. The van der Waals surface area contributed by atoms with Crippen LogP contribution >= 0.6 is 11.3 Å². The Morgan fingerprint density at radius 3 is 3.07 bits per heavy atom. The van der Waals surface area contributed by atoms with Gasteiger partial charge in [-0.05, 0) is 56.2 Å². The van der Waals surface area contributed by atoms with Crippen LogP contribution in [-0.4, -0.2) is 5.78 Å². The molecular formula is C13H16OS. The van der Waals surface area contributed by atoms with Gasteiger partial charge in [-0.25, -0.2) is 0 Å². The first-order chi connectivity index (χ1) is 7.18. The topological polar surface area (TPSA) is 17.1 Å². The molecule has 1 aliphatic rings. The van der Waals surface area contributed by atoms with Gasteiger partial charge in [-0.1, -0.05) is 5.57 Å². The van der Waals surface area contributed by atoms with Gasteiger partial charge in [-0.15, -0.1) is 11.3 Å². The molecule has 0 radical (unpaired) electrons. The lowest BCUT2D eigenvalue weighted by molar-refractivity contribution is -0.116. The predicted octanol–water partition coefficient (Wildman–Crippen LogP) is 3.70. The van der Waals surface area contributed by atoms with Gasteiger partial charge in [0.25, 0.3) is 0 Å². The number of aryl methyl sites for hydroxylation is 1. The van der Waals surface area contributed by atoms with Crippen LogP contribution in [0.25, 0.3) is 0 Å². The van der Waals surface area contributed by atoms with Gasteiger partial charge in [0.1, 0.15) is 0 Å². The van der Waals surface area contributed by atoms with Crippen LogP contribution in [0, 0.1) is 0 Å². The van der Waals surface area contributed by atoms with Crippen molar-refractivity contribution in [3.05, 3.63) is 33.5 Å². The molecule has 1 aromatic heterocycles. The van der Waals surface area contributed by atoms with Crippen molar-refractivity contribution in [2.75, 3.05) is 0 Å². The van der Waals surface area contributed by atoms with Gasteiger partial charge in [0.15, 0.2) is 5.78 Å². The minimum absolute atomic E-state index is 0.134. The molecule has 0 saturated carbocycles. The van der Waals surface area contributed by atoms with E-state index in [1.54, 1.807) is 17.4 Å². The van der Waals surface area contributed by atoms with E-state index in [9.17, 15) is 4.79 Å². The van der Waals surface area contributed by atoms with Crippen molar-refractivity contribution in [2.24, 2.45) is 0 Å². The molecule has 0 aliphatic heterocycles. The van der Waals surface area contributed by atoms with Crippen molar-refractivity contribution in [2.45, 2.75) is 39.0 Å². The highest BCUT2D eigenvalue weighted by Gasteiger charge is 2.25. The Morgan fingerprint density at radius 1 is 1.53 bits per heavy atom. The van der Waals surface area contributed by atoms with Crippen LogP contribution in [0.2, 0.25) is 0 Å². The van der Waals surface area contributed by atoms with Crippen molar-refractivity contribution < 1.29 is 4.79 Å². The third-order valence-corrected chi connectivity index (χ3v) is 3.82. The molecule has 1 atom stereocenters. The second-order valence-electron chi connectivity index (χ2n) is 4.37. The van der Waals surface area contributed by atoms with Gasteiger partial charge in [-0.3, -0.25) is 4.79 Å². The summed E-state index contributed by atoms with van der Waals surface area (Å²) in [5.41, 5.74) is 2.39. The maximum atomic E-state index is 12.0. The molecule has 0 saturated heterocycles. The summed E-state index contributed by atoms with van der Waals surface area (Å²) in [5, 5.41) is 2.11. The summed E-state index contributed by atoms with van der Waals surface area (Å²) in [5.74, 6) is 0.421. The van der Waals surface area contributed by atoms with E-state index in [2.05, 4.69) is 11.4 Å². The Bertz CT molecular complexity index is 396. The molecule has 0 bridgehead atoms. The Morgan fingerprint density at radius 2 is 2.33 bits per heavy atom. The normalized spacial score (nSPS) is 19.5. The monoisotopic (exact) mass is 220 g/mol. The highest BCUT2D eigenvalue weighted by molar-refractivity contribution is 7.10. The zero-order valence-electron chi connectivity index (χ0n) is 9.25. The first-order valence-corrected chi connectivity index (χ1v) is 6.31. The second-order valence-corrected chi connectivity index (χ2v) is 5.37. The fourth-order valence-corrected chi connectivity index (χ4v) is 3.15. The maximum absolute atomic E-state index is 12.0. The van der Waals surface area contributed by atoms with Crippen molar-refractivity contribution in [1.82, 2.24) is 0 Å². The van der Waals surface area contributed by atoms with E-state index < -0.39 is 0 Å². The van der Waals surface area contributed by atoms with Crippen LogP contribution in [0.15, 0.2) is 23.1 Å². The third-order valence-electron chi connectivity index (χ3n) is 2.83. The van der Waals surface area contributed by atoms with Crippen molar-refractivity contribution >= 4 is 17.1 Å².